The molecule has 44 heavy (non-hydrogen) atoms. The van der Waals surface area contributed by atoms with Crippen LogP contribution >= 0.6 is 0 Å². The van der Waals surface area contributed by atoms with Crippen LogP contribution < -0.4 is 16.0 Å². The normalized spacial score (nSPS) is 23.7. The van der Waals surface area contributed by atoms with E-state index in [0.29, 0.717) is 25.9 Å². The number of ether oxygens (including phenoxy) is 1. The van der Waals surface area contributed by atoms with E-state index in [1.807, 2.05) is 24.3 Å². The van der Waals surface area contributed by atoms with Gasteiger partial charge in [0.2, 0.25) is 17.7 Å². The summed E-state index contributed by atoms with van der Waals surface area (Å²) in [4.78, 5) is 42.8. The fourth-order valence-electron chi connectivity index (χ4n) is 5.85. The van der Waals surface area contributed by atoms with Crippen LogP contribution in [0.2, 0.25) is 0 Å². The zero-order chi connectivity index (χ0) is 31.1. The van der Waals surface area contributed by atoms with Crippen LogP contribution in [-0.4, -0.2) is 96.3 Å². The van der Waals surface area contributed by atoms with E-state index in [-0.39, 0.29) is 36.2 Å². The van der Waals surface area contributed by atoms with Crippen LogP contribution in [0, 0.1) is 17.8 Å². The number of rotatable bonds is 8. The Labute approximate surface area is 259 Å². The van der Waals surface area contributed by atoms with E-state index >= 15 is 0 Å². The van der Waals surface area contributed by atoms with E-state index < -0.39 is 18.2 Å². The van der Waals surface area contributed by atoms with Crippen LogP contribution in [0.5, 0.6) is 0 Å². The molecule has 0 saturated carbocycles. The molecular weight excluding hydrogens is 558 g/mol. The van der Waals surface area contributed by atoms with Crippen LogP contribution in [0.25, 0.3) is 0 Å². The van der Waals surface area contributed by atoms with Crippen molar-refractivity contribution < 1.29 is 24.2 Å². The lowest BCUT2D eigenvalue weighted by atomic mass is 10.1. The molecule has 2 aromatic carbocycles. The van der Waals surface area contributed by atoms with Gasteiger partial charge in [-0.05, 0) is 48.2 Å². The Morgan fingerprint density at radius 2 is 1.59 bits per heavy atom. The van der Waals surface area contributed by atoms with Crippen molar-refractivity contribution in [1.82, 2.24) is 25.8 Å². The summed E-state index contributed by atoms with van der Waals surface area (Å²) >= 11 is 0. The Balaban J connectivity index is 1.12. The lowest BCUT2D eigenvalue weighted by Gasteiger charge is -2.26. The third-order valence-electron chi connectivity index (χ3n) is 8.39. The number of β-amino-alcohol motifs (C(OH)–C–C–N with tert-alkyl or cyclic N) is 1. The van der Waals surface area contributed by atoms with E-state index in [2.05, 4.69) is 57.0 Å². The van der Waals surface area contributed by atoms with Crippen molar-refractivity contribution in [2.45, 2.75) is 64.0 Å². The number of morpholine rings is 1. The highest BCUT2D eigenvalue weighted by molar-refractivity contribution is 5.89. The molecule has 3 aliphatic heterocycles. The number of hydrogen-bond donors (Lipinski definition) is 4. The van der Waals surface area contributed by atoms with Gasteiger partial charge in [-0.15, -0.1) is 0 Å². The highest BCUT2D eigenvalue weighted by atomic mass is 16.5. The molecule has 2 aromatic rings. The first-order valence-corrected chi connectivity index (χ1v) is 15.5. The van der Waals surface area contributed by atoms with E-state index in [0.717, 1.165) is 49.5 Å². The molecule has 0 spiro atoms. The van der Waals surface area contributed by atoms with Gasteiger partial charge in [0.05, 0.1) is 25.4 Å². The largest absolute Gasteiger partial charge is 0.392 e. The van der Waals surface area contributed by atoms with Crippen molar-refractivity contribution in [2.75, 3.05) is 39.4 Å². The average molecular weight is 602 g/mol. The number of likely N-dealkylation sites (tertiary alicyclic amines) is 1. The number of nitrogens with zero attached hydrogens (tertiary/aromatic N) is 2. The molecule has 10 nitrogen and oxygen atoms in total. The van der Waals surface area contributed by atoms with Crippen LogP contribution in [0.1, 0.15) is 48.9 Å². The van der Waals surface area contributed by atoms with Gasteiger partial charge in [-0.1, -0.05) is 50.0 Å². The van der Waals surface area contributed by atoms with E-state index in [4.69, 9.17) is 4.74 Å². The molecule has 0 radical (unpaired) electrons. The Bertz CT molecular complexity index is 1360. The van der Waals surface area contributed by atoms with Crippen LogP contribution in [-0.2, 0) is 32.2 Å². The number of aliphatic hydroxyl groups is 1. The van der Waals surface area contributed by atoms with E-state index in [9.17, 15) is 19.5 Å². The lowest BCUT2D eigenvalue weighted by Crippen LogP contribution is -2.47. The number of carbonyl (C=O) groups excluding carboxylic acids is 3. The Hall–Kier alpha value is -3.75. The van der Waals surface area contributed by atoms with Crippen LogP contribution in [0.4, 0.5) is 0 Å². The molecule has 3 fully saturated rings. The summed E-state index contributed by atoms with van der Waals surface area (Å²) in [5.41, 5.74) is 4.02. The second-order valence-corrected chi connectivity index (χ2v) is 12.2. The van der Waals surface area contributed by atoms with Gasteiger partial charge in [-0.2, -0.15) is 0 Å². The number of aliphatic hydroxyl groups excluding tert-OH is 1. The van der Waals surface area contributed by atoms with Gasteiger partial charge in [-0.3, -0.25) is 19.3 Å². The molecule has 3 amide bonds. The highest BCUT2D eigenvalue weighted by Gasteiger charge is 2.41. The molecule has 4 N–H and O–H groups in total. The van der Waals surface area contributed by atoms with Crippen molar-refractivity contribution in [3.8, 4) is 11.8 Å². The predicted molar refractivity (Wildman–Crippen MR) is 166 cm³/mol. The van der Waals surface area contributed by atoms with Gasteiger partial charge in [-0.25, -0.2) is 0 Å². The fourth-order valence-corrected chi connectivity index (χ4v) is 5.85. The van der Waals surface area contributed by atoms with Gasteiger partial charge in [0, 0.05) is 62.4 Å². The number of nitrogens with one attached hydrogen (secondary N) is 3. The number of hydrogen-bond acceptors (Lipinski definition) is 7. The molecule has 3 saturated heterocycles. The summed E-state index contributed by atoms with van der Waals surface area (Å²) in [7, 11) is 0. The van der Waals surface area contributed by atoms with Crippen LogP contribution in [0.3, 0.4) is 0 Å². The first-order chi connectivity index (χ1) is 21.2. The van der Waals surface area contributed by atoms with Gasteiger partial charge < -0.3 is 30.7 Å². The maximum Gasteiger partial charge on any atom is 0.243 e. The standard InChI is InChI=1S/C34H43N5O5/c1-23(2)34(43)39-22-28(37-32(41)30-18-29(40)20-35-30)17-31(39)33(42)36-19-26-9-5-24(6-10-26)3-4-25-7-11-27(12-8-25)21-38-13-15-44-16-14-38/h5-12,23,28-31,35,40H,13-22H2,1-2H3,(H,36,42)(H,37,41)/t28-,29+,30+,31-/m1/s1. The second kappa shape index (κ2) is 14.8. The minimum Gasteiger partial charge on any atom is -0.392 e. The fraction of sp³-hybridized carbons (Fsp3) is 0.500. The second-order valence-electron chi connectivity index (χ2n) is 12.2. The zero-order valence-electron chi connectivity index (χ0n) is 25.6. The molecule has 5 rings (SSSR count). The molecule has 0 aliphatic carbocycles. The SMILES string of the molecule is CC(C)C(=O)N1C[C@H](NC(=O)[C@@H]2C[C@H](O)CN2)C[C@@H]1C(=O)NCc1ccc(C#Cc2ccc(CN3CCOCC3)cc2)cc1. The summed E-state index contributed by atoms with van der Waals surface area (Å²) in [6.07, 6.45) is 0.148. The Kier molecular flexibility index (Phi) is 10.7. The molecule has 3 aliphatic rings. The third-order valence-corrected chi connectivity index (χ3v) is 8.39. The number of amides is 3. The molecule has 0 unspecified atom stereocenters. The minimum absolute atomic E-state index is 0.119. The van der Waals surface area contributed by atoms with Gasteiger partial charge in [0.1, 0.15) is 6.04 Å². The maximum atomic E-state index is 13.3. The van der Waals surface area contributed by atoms with E-state index in [1.165, 1.54) is 5.56 Å². The smallest absolute Gasteiger partial charge is 0.243 e. The van der Waals surface area contributed by atoms with Crippen molar-refractivity contribution >= 4 is 17.7 Å². The molecule has 234 valence electrons. The minimum atomic E-state index is -0.664. The number of carbonyl (C=O) groups is 3. The highest BCUT2D eigenvalue weighted by Crippen LogP contribution is 2.22. The molecule has 10 heteroatoms. The van der Waals surface area contributed by atoms with E-state index in [1.54, 1.807) is 18.7 Å². The van der Waals surface area contributed by atoms with Crippen molar-refractivity contribution in [2.24, 2.45) is 5.92 Å². The van der Waals surface area contributed by atoms with Crippen LogP contribution in [0.15, 0.2) is 48.5 Å². The number of benzene rings is 2. The predicted octanol–water partition coefficient (Wildman–Crippen LogP) is 0.999. The summed E-state index contributed by atoms with van der Waals surface area (Å²) in [5.74, 6) is 5.58. The molecule has 0 aromatic heterocycles. The molecular formula is C34H43N5O5. The Morgan fingerprint density at radius 1 is 0.955 bits per heavy atom. The summed E-state index contributed by atoms with van der Waals surface area (Å²) < 4.78 is 5.42. The first-order valence-electron chi connectivity index (χ1n) is 15.5. The average Bonchev–Trinajstić information content (AvgIpc) is 3.66. The molecule has 3 heterocycles. The van der Waals surface area contributed by atoms with Gasteiger partial charge in [0.25, 0.3) is 0 Å². The first kappa shape index (κ1) is 31.7. The summed E-state index contributed by atoms with van der Waals surface area (Å²) in [6.45, 7) is 9.01. The van der Waals surface area contributed by atoms with Gasteiger partial charge in [0.15, 0.2) is 0 Å². The summed E-state index contributed by atoms with van der Waals surface area (Å²) in [5, 5.41) is 18.7. The maximum absolute atomic E-state index is 13.3. The van der Waals surface area contributed by atoms with Crippen molar-refractivity contribution in [3.63, 3.8) is 0 Å². The quantitative estimate of drug-likeness (QED) is 0.333. The third kappa shape index (κ3) is 8.45. The Morgan fingerprint density at radius 3 is 2.18 bits per heavy atom. The van der Waals surface area contributed by atoms with Crippen molar-refractivity contribution in [1.29, 1.82) is 0 Å². The molecule has 0 bridgehead atoms. The summed E-state index contributed by atoms with van der Waals surface area (Å²) in [6, 6.07) is 14.6. The monoisotopic (exact) mass is 601 g/mol. The topological polar surface area (TPSA) is 123 Å². The van der Waals surface area contributed by atoms with Crippen molar-refractivity contribution in [3.05, 3.63) is 70.8 Å². The molecule has 4 atom stereocenters. The van der Waals surface area contributed by atoms with Gasteiger partial charge >= 0.3 is 0 Å². The zero-order valence-corrected chi connectivity index (χ0v) is 25.6. The lowest BCUT2D eigenvalue weighted by molar-refractivity contribution is -0.140.